The average Bonchev–Trinajstić information content (AvgIpc) is 2.54. The van der Waals surface area contributed by atoms with E-state index in [4.69, 9.17) is 37.4 Å². The van der Waals surface area contributed by atoms with Gasteiger partial charge in [-0.2, -0.15) is 0 Å². The number of methoxy groups -OCH3 is 1. The molecule has 0 atom stereocenters. The number of benzene rings is 2. The molecule has 0 aliphatic carbocycles. The van der Waals surface area contributed by atoms with Gasteiger partial charge in [-0.1, -0.05) is 35.3 Å². The second-order valence-corrected chi connectivity index (χ2v) is 5.42. The van der Waals surface area contributed by atoms with E-state index >= 15 is 0 Å². The van der Waals surface area contributed by atoms with E-state index in [2.05, 4.69) is 0 Å². The van der Waals surface area contributed by atoms with Crippen molar-refractivity contribution in [3.63, 3.8) is 0 Å². The van der Waals surface area contributed by atoms with Crippen LogP contribution in [-0.2, 0) is 0 Å². The zero-order valence-corrected chi connectivity index (χ0v) is 13.9. The standard InChI is InChI=1S/C17H18Cl2O3/c1-20-13-6-4-7-14(12-13)21-10-2-3-11-22-16-9-5-8-15(18)17(16)19/h4-9,12H,2-3,10-11H2,1H3. The summed E-state index contributed by atoms with van der Waals surface area (Å²) in [6, 6.07) is 12.9. The molecule has 0 saturated carbocycles. The molecule has 0 unspecified atom stereocenters. The van der Waals surface area contributed by atoms with Gasteiger partial charge >= 0.3 is 0 Å². The number of unbranched alkanes of at least 4 members (excludes halogenated alkanes) is 1. The predicted octanol–water partition coefficient (Wildman–Crippen LogP) is 5.24. The third-order valence-corrected chi connectivity index (χ3v) is 3.82. The molecule has 118 valence electrons. The number of halogens is 2. The Morgan fingerprint density at radius 3 is 2.32 bits per heavy atom. The minimum atomic E-state index is 0.455. The zero-order chi connectivity index (χ0) is 15.8. The first-order valence-corrected chi connectivity index (χ1v) is 7.80. The highest BCUT2D eigenvalue weighted by Gasteiger charge is 2.04. The van der Waals surface area contributed by atoms with E-state index < -0.39 is 0 Å². The fourth-order valence-corrected chi connectivity index (χ4v) is 2.21. The Morgan fingerprint density at radius 1 is 0.864 bits per heavy atom. The molecule has 0 aromatic heterocycles. The van der Waals surface area contributed by atoms with Gasteiger partial charge in [0, 0.05) is 6.07 Å². The smallest absolute Gasteiger partial charge is 0.139 e. The summed E-state index contributed by atoms with van der Waals surface area (Å²) in [6.07, 6.45) is 1.75. The van der Waals surface area contributed by atoms with Crippen molar-refractivity contribution in [3.05, 3.63) is 52.5 Å². The van der Waals surface area contributed by atoms with Gasteiger partial charge < -0.3 is 14.2 Å². The fourth-order valence-electron chi connectivity index (χ4n) is 1.86. The molecule has 0 radical (unpaired) electrons. The lowest BCUT2D eigenvalue weighted by Crippen LogP contribution is -2.03. The van der Waals surface area contributed by atoms with Gasteiger partial charge in [-0.15, -0.1) is 0 Å². The monoisotopic (exact) mass is 340 g/mol. The maximum absolute atomic E-state index is 6.05. The van der Waals surface area contributed by atoms with Crippen LogP contribution in [0, 0.1) is 0 Å². The van der Waals surface area contributed by atoms with Crippen molar-refractivity contribution >= 4 is 23.2 Å². The number of hydrogen-bond acceptors (Lipinski definition) is 3. The van der Waals surface area contributed by atoms with E-state index in [-0.39, 0.29) is 0 Å². The van der Waals surface area contributed by atoms with Gasteiger partial charge in [0.25, 0.3) is 0 Å². The molecule has 2 aromatic rings. The van der Waals surface area contributed by atoms with Crippen molar-refractivity contribution in [2.45, 2.75) is 12.8 Å². The Kier molecular flexibility index (Phi) is 6.69. The first-order valence-electron chi connectivity index (χ1n) is 7.04. The Bertz CT molecular complexity index is 602. The molecule has 0 saturated heterocycles. The number of hydrogen-bond donors (Lipinski definition) is 0. The first kappa shape index (κ1) is 16.8. The molecular formula is C17H18Cl2O3. The molecule has 2 aromatic carbocycles. The summed E-state index contributed by atoms with van der Waals surface area (Å²) in [5, 5.41) is 0.956. The Labute approximate surface area is 140 Å². The van der Waals surface area contributed by atoms with E-state index in [1.165, 1.54) is 0 Å². The van der Waals surface area contributed by atoms with E-state index in [1.54, 1.807) is 19.2 Å². The minimum absolute atomic E-state index is 0.455. The van der Waals surface area contributed by atoms with Crippen LogP contribution in [0.5, 0.6) is 17.2 Å². The van der Waals surface area contributed by atoms with E-state index in [1.807, 2.05) is 30.3 Å². The summed E-state index contributed by atoms with van der Waals surface area (Å²) in [6.45, 7) is 1.20. The van der Waals surface area contributed by atoms with Gasteiger partial charge in [0.05, 0.1) is 25.3 Å². The summed E-state index contributed by atoms with van der Waals surface area (Å²) in [4.78, 5) is 0. The van der Waals surface area contributed by atoms with Crippen LogP contribution in [0.1, 0.15) is 12.8 Å². The Hall–Kier alpha value is -1.58. The van der Waals surface area contributed by atoms with Crippen molar-refractivity contribution in [1.29, 1.82) is 0 Å². The summed E-state index contributed by atoms with van der Waals surface area (Å²) in [7, 11) is 1.64. The van der Waals surface area contributed by atoms with Gasteiger partial charge in [0.15, 0.2) is 0 Å². The third kappa shape index (κ3) is 5.00. The van der Waals surface area contributed by atoms with Crippen LogP contribution in [0.15, 0.2) is 42.5 Å². The zero-order valence-electron chi connectivity index (χ0n) is 12.4. The van der Waals surface area contributed by atoms with E-state index in [0.29, 0.717) is 29.0 Å². The van der Waals surface area contributed by atoms with Crippen LogP contribution >= 0.6 is 23.2 Å². The molecule has 0 amide bonds. The van der Waals surface area contributed by atoms with Crippen molar-refractivity contribution in [2.75, 3.05) is 20.3 Å². The highest BCUT2D eigenvalue weighted by atomic mass is 35.5. The van der Waals surface area contributed by atoms with Crippen LogP contribution in [0.2, 0.25) is 10.0 Å². The molecule has 0 aliphatic heterocycles. The second kappa shape index (κ2) is 8.76. The SMILES string of the molecule is COc1cccc(OCCCCOc2cccc(Cl)c2Cl)c1. The van der Waals surface area contributed by atoms with Gasteiger partial charge in [0.2, 0.25) is 0 Å². The Balaban J connectivity index is 1.66. The summed E-state index contributed by atoms with van der Waals surface area (Å²) in [5.41, 5.74) is 0. The minimum Gasteiger partial charge on any atom is -0.497 e. The summed E-state index contributed by atoms with van der Waals surface area (Å²) in [5.74, 6) is 2.21. The van der Waals surface area contributed by atoms with Crippen molar-refractivity contribution in [1.82, 2.24) is 0 Å². The predicted molar refractivity (Wildman–Crippen MR) is 89.7 cm³/mol. The van der Waals surface area contributed by atoms with E-state index in [0.717, 1.165) is 24.3 Å². The summed E-state index contributed by atoms with van der Waals surface area (Å²) < 4.78 is 16.4. The molecule has 0 spiro atoms. The molecule has 0 heterocycles. The lowest BCUT2D eigenvalue weighted by Gasteiger charge is -2.10. The van der Waals surface area contributed by atoms with Crippen molar-refractivity contribution < 1.29 is 14.2 Å². The highest BCUT2D eigenvalue weighted by Crippen LogP contribution is 2.31. The van der Waals surface area contributed by atoms with Crippen LogP contribution in [0.4, 0.5) is 0 Å². The van der Waals surface area contributed by atoms with Gasteiger partial charge in [-0.05, 0) is 37.1 Å². The van der Waals surface area contributed by atoms with Crippen LogP contribution in [0.25, 0.3) is 0 Å². The van der Waals surface area contributed by atoms with Gasteiger partial charge in [0.1, 0.15) is 22.3 Å². The topological polar surface area (TPSA) is 27.7 Å². The maximum Gasteiger partial charge on any atom is 0.139 e. The maximum atomic E-state index is 6.05. The van der Waals surface area contributed by atoms with Crippen molar-refractivity contribution in [3.8, 4) is 17.2 Å². The van der Waals surface area contributed by atoms with E-state index in [9.17, 15) is 0 Å². The van der Waals surface area contributed by atoms with Crippen LogP contribution < -0.4 is 14.2 Å². The molecule has 2 rings (SSSR count). The largest absolute Gasteiger partial charge is 0.497 e. The first-order chi connectivity index (χ1) is 10.7. The molecule has 0 aliphatic rings. The Morgan fingerprint density at radius 2 is 1.55 bits per heavy atom. The molecule has 22 heavy (non-hydrogen) atoms. The normalized spacial score (nSPS) is 10.3. The number of ether oxygens (including phenoxy) is 3. The molecule has 0 fully saturated rings. The molecule has 5 heteroatoms. The van der Waals surface area contributed by atoms with Crippen molar-refractivity contribution in [2.24, 2.45) is 0 Å². The lowest BCUT2D eigenvalue weighted by molar-refractivity contribution is 0.266. The molecule has 0 bridgehead atoms. The quantitative estimate of drug-likeness (QED) is 0.615. The summed E-state index contributed by atoms with van der Waals surface area (Å²) >= 11 is 12.0. The van der Waals surface area contributed by atoms with Crippen LogP contribution in [-0.4, -0.2) is 20.3 Å². The van der Waals surface area contributed by atoms with Crippen LogP contribution in [0.3, 0.4) is 0 Å². The molecule has 3 nitrogen and oxygen atoms in total. The number of rotatable bonds is 8. The average molecular weight is 341 g/mol. The lowest BCUT2D eigenvalue weighted by atomic mass is 10.3. The van der Waals surface area contributed by atoms with Gasteiger partial charge in [-0.3, -0.25) is 0 Å². The van der Waals surface area contributed by atoms with Gasteiger partial charge in [-0.25, -0.2) is 0 Å². The third-order valence-electron chi connectivity index (χ3n) is 3.02. The molecule has 0 N–H and O–H groups in total. The molecular weight excluding hydrogens is 323 g/mol. The second-order valence-electron chi connectivity index (χ2n) is 4.63. The highest BCUT2D eigenvalue weighted by molar-refractivity contribution is 6.42. The fraction of sp³-hybridized carbons (Fsp3) is 0.294.